The van der Waals surface area contributed by atoms with Crippen molar-refractivity contribution in [3.8, 4) is 0 Å². The highest BCUT2D eigenvalue weighted by Crippen LogP contribution is 2.32. The van der Waals surface area contributed by atoms with Crippen molar-refractivity contribution in [1.29, 1.82) is 0 Å². The molecule has 2 heteroatoms. The van der Waals surface area contributed by atoms with E-state index in [0.717, 1.165) is 6.54 Å². The third kappa shape index (κ3) is 2.75. The maximum atomic E-state index is 4.14. The summed E-state index contributed by atoms with van der Waals surface area (Å²) in [4.78, 5) is 4.14. The normalized spacial score (nSPS) is 12.4. The molecule has 106 valence electrons. The Kier molecular flexibility index (Phi) is 4.56. The fourth-order valence-electron chi connectivity index (χ4n) is 2.96. The highest BCUT2D eigenvalue weighted by Gasteiger charge is 2.19. The van der Waals surface area contributed by atoms with Crippen molar-refractivity contribution in [3.05, 3.63) is 64.0 Å². The molecule has 1 aromatic heterocycles. The number of nitrogens with one attached hydrogen (secondary N) is 1. The number of hydrogen-bond donors (Lipinski definition) is 1. The third-order valence-electron chi connectivity index (χ3n) is 4.29. The molecule has 0 spiro atoms. The van der Waals surface area contributed by atoms with Gasteiger partial charge in [-0.2, -0.15) is 0 Å². The standard InChI is InChI=1S/C18H24N2/c1-12-10-13(2)15(4)18(14(12)3)17(11-19-5)16-6-8-20-9-7-16/h6-10,17,19H,11H2,1-5H3. The minimum Gasteiger partial charge on any atom is -0.319 e. The van der Waals surface area contributed by atoms with Crippen molar-refractivity contribution in [2.24, 2.45) is 0 Å². The van der Waals surface area contributed by atoms with Gasteiger partial charge in [-0.1, -0.05) is 6.07 Å². The Labute approximate surface area is 122 Å². The number of rotatable bonds is 4. The van der Waals surface area contributed by atoms with E-state index in [1.807, 2.05) is 19.4 Å². The molecule has 0 fully saturated rings. The molecule has 0 aliphatic carbocycles. The predicted molar refractivity (Wildman–Crippen MR) is 85.4 cm³/mol. The third-order valence-corrected chi connectivity index (χ3v) is 4.29. The summed E-state index contributed by atoms with van der Waals surface area (Å²) in [6.07, 6.45) is 3.76. The minimum atomic E-state index is 0.376. The Hall–Kier alpha value is -1.67. The lowest BCUT2D eigenvalue weighted by Crippen LogP contribution is -2.20. The smallest absolute Gasteiger partial charge is 0.0270 e. The molecule has 1 atom stereocenters. The summed E-state index contributed by atoms with van der Waals surface area (Å²) >= 11 is 0. The molecule has 2 nitrogen and oxygen atoms in total. The number of aromatic nitrogens is 1. The van der Waals surface area contributed by atoms with Crippen molar-refractivity contribution >= 4 is 0 Å². The summed E-state index contributed by atoms with van der Waals surface area (Å²) < 4.78 is 0. The number of aryl methyl sites for hydroxylation is 2. The van der Waals surface area contributed by atoms with E-state index in [4.69, 9.17) is 0 Å². The SMILES string of the molecule is CNCC(c1ccncc1)c1c(C)c(C)cc(C)c1C. The molecule has 2 aromatic rings. The maximum Gasteiger partial charge on any atom is 0.0270 e. The fraction of sp³-hybridized carbons (Fsp3) is 0.389. The van der Waals surface area contributed by atoms with Crippen LogP contribution in [-0.2, 0) is 0 Å². The van der Waals surface area contributed by atoms with Crippen LogP contribution in [0, 0.1) is 27.7 Å². The summed E-state index contributed by atoms with van der Waals surface area (Å²) in [5, 5.41) is 3.34. The monoisotopic (exact) mass is 268 g/mol. The van der Waals surface area contributed by atoms with Gasteiger partial charge < -0.3 is 5.32 Å². The van der Waals surface area contributed by atoms with Crippen LogP contribution in [0.2, 0.25) is 0 Å². The summed E-state index contributed by atoms with van der Waals surface area (Å²) in [7, 11) is 2.02. The number of pyridine rings is 1. The Bertz CT molecular complexity index is 562. The molecule has 0 bridgehead atoms. The second-order valence-electron chi connectivity index (χ2n) is 5.56. The number of hydrogen-bond acceptors (Lipinski definition) is 2. The zero-order valence-electron chi connectivity index (χ0n) is 13.1. The van der Waals surface area contributed by atoms with Gasteiger partial charge in [0.1, 0.15) is 0 Å². The van der Waals surface area contributed by atoms with Gasteiger partial charge in [0.2, 0.25) is 0 Å². The van der Waals surface area contributed by atoms with Gasteiger partial charge in [-0.15, -0.1) is 0 Å². The van der Waals surface area contributed by atoms with E-state index in [1.54, 1.807) is 0 Å². The first-order valence-corrected chi connectivity index (χ1v) is 7.18. The summed E-state index contributed by atoms with van der Waals surface area (Å²) in [6.45, 7) is 9.82. The van der Waals surface area contributed by atoms with E-state index in [0.29, 0.717) is 5.92 Å². The number of benzene rings is 1. The van der Waals surface area contributed by atoms with Crippen molar-refractivity contribution in [2.45, 2.75) is 33.6 Å². The van der Waals surface area contributed by atoms with Gasteiger partial charge in [-0.05, 0) is 80.3 Å². The lowest BCUT2D eigenvalue weighted by molar-refractivity contribution is 0.699. The summed E-state index contributed by atoms with van der Waals surface area (Å²) in [5.74, 6) is 0.376. The molecule has 1 unspecified atom stereocenters. The van der Waals surface area contributed by atoms with E-state index in [1.165, 1.54) is 33.4 Å². The van der Waals surface area contributed by atoms with Crippen LogP contribution in [0.3, 0.4) is 0 Å². The predicted octanol–water partition coefficient (Wildman–Crippen LogP) is 3.67. The molecule has 2 rings (SSSR count). The molecular formula is C18H24N2. The molecule has 0 amide bonds. The average Bonchev–Trinajstić information content (AvgIpc) is 2.45. The molecule has 0 aliphatic rings. The summed E-state index contributed by atoms with van der Waals surface area (Å²) in [5.41, 5.74) is 8.35. The van der Waals surface area contributed by atoms with Crippen LogP contribution in [-0.4, -0.2) is 18.6 Å². The van der Waals surface area contributed by atoms with Gasteiger partial charge in [0, 0.05) is 24.9 Å². The second kappa shape index (κ2) is 6.19. The molecular weight excluding hydrogens is 244 g/mol. The minimum absolute atomic E-state index is 0.376. The molecule has 1 aromatic carbocycles. The van der Waals surface area contributed by atoms with Gasteiger partial charge in [0.05, 0.1) is 0 Å². The van der Waals surface area contributed by atoms with Crippen molar-refractivity contribution in [3.63, 3.8) is 0 Å². The Morgan fingerprint density at radius 2 is 1.55 bits per heavy atom. The zero-order chi connectivity index (χ0) is 14.7. The first-order valence-electron chi connectivity index (χ1n) is 7.18. The number of likely N-dealkylation sites (N-methyl/N-ethyl adjacent to an activating group) is 1. The highest BCUT2D eigenvalue weighted by molar-refractivity contribution is 5.49. The Balaban J connectivity index is 2.61. The molecule has 0 saturated carbocycles. The van der Waals surface area contributed by atoms with Crippen LogP contribution < -0.4 is 5.32 Å². The fourth-order valence-corrected chi connectivity index (χ4v) is 2.96. The Morgan fingerprint density at radius 3 is 2.05 bits per heavy atom. The molecule has 0 saturated heterocycles. The van der Waals surface area contributed by atoms with Crippen LogP contribution in [0.5, 0.6) is 0 Å². The van der Waals surface area contributed by atoms with E-state index in [2.05, 4.69) is 56.2 Å². The van der Waals surface area contributed by atoms with Gasteiger partial charge in [-0.3, -0.25) is 4.98 Å². The second-order valence-corrected chi connectivity index (χ2v) is 5.56. The van der Waals surface area contributed by atoms with Crippen LogP contribution in [0.15, 0.2) is 30.6 Å². The van der Waals surface area contributed by atoms with Crippen LogP contribution in [0.4, 0.5) is 0 Å². The van der Waals surface area contributed by atoms with E-state index < -0.39 is 0 Å². The number of nitrogens with zero attached hydrogens (tertiary/aromatic N) is 1. The zero-order valence-corrected chi connectivity index (χ0v) is 13.1. The Morgan fingerprint density at radius 1 is 1.00 bits per heavy atom. The molecule has 1 heterocycles. The first-order chi connectivity index (χ1) is 9.56. The average molecular weight is 268 g/mol. The van der Waals surface area contributed by atoms with Crippen molar-refractivity contribution in [1.82, 2.24) is 10.3 Å². The van der Waals surface area contributed by atoms with Gasteiger partial charge >= 0.3 is 0 Å². The molecule has 20 heavy (non-hydrogen) atoms. The van der Waals surface area contributed by atoms with E-state index in [9.17, 15) is 0 Å². The largest absolute Gasteiger partial charge is 0.319 e. The summed E-state index contributed by atoms with van der Waals surface area (Å²) in [6, 6.07) is 6.54. The lowest BCUT2D eigenvalue weighted by atomic mass is 9.82. The first kappa shape index (κ1) is 14.7. The van der Waals surface area contributed by atoms with Crippen LogP contribution in [0.25, 0.3) is 0 Å². The lowest BCUT2D eigenvalue weighted by Gasteiger charge is -2.24. The van der Waals surface area contributed by atoms with Crippen molar-refractivity contribution in [2.75, 3.05) is 13.6 Å². The maximum absolute atomic E-state index is 4.14. The van der Waals surface area contributed by atoms with Gasteiger partial charge in [0.15, 0.2) is 0 Å². The van der Waals surface area contributed by atoms with Crippen LogP contribution in [0.1, 0.15) is 39.3 Å². The van der Waals surface area contributed by atoms with Crippen LogP contribution >= 0.6 is 0 Å². The molecule has 0 radical (unpaired) electrons. The molecule has 0 aliphatic heterocycles. The van der Waals surface area contributed by atoms with Crippen molar-refractivity contribution < 1.29 is 0 Å². The highest BCUT2D eigenvalue weighted by atomic mass is 14.8. The van der Waals surface area contributed by atoms with Gasteiger partial charge in [0.25, 0.3) is 0 Å². The quantitative estimate of drug-likeness (QED) is 0.915. The van der Waals surface area contributed by atoms with E-state index in [-0.39, 0.29) is 0 Å². The van der Waals surface area contributed by atoms with Gasteiger partial charge in [-0.25, -0.2) is 0 Å². The topological polar surface area (TPSA) is 24.9 Å². The van der Waals surface area contributed by atoms with E-state index >= 15 is 0 Å². The molecule has 1 N–H and O–H groups in total.